The molecule has 17 heavy (non-hydrogen) atoms. The van der Waals surface area contributed by atoms with E-state index in [0.717, 1.165) is 25.9 Å². The first-order chi connectivity index (χ1) is 7.76. The summed E-state index contributed by atoms with van der Waals surface area (Å²) in [7, 11) is 2.08. The minimum atomic E-state index is -0.0332. The van der Waals surface area contributed by atoms with E-state index in [-0.39, 0.29) is 17.4 Å². The van der Waals surface area contributed by atoms with Gasteiger partial charge >= 0.3 is 0 Å². The summed E-state index contributed by atoms with van der Waals surface area (Å²) >= 11 is 0. The maximum Gasteiger partial charge on any atom is 0.221 e. The molecular weight excluding hydrogens is 214 g/mol. The van der Waals surface area contributed by atoms with Gasteiger partial charge < -0.3 is 16.0 Å². The Balaban J connectivity index is 2.25. The number of nitrogens with zero attached hydrogens (tertiary/aromatic N) is 1. The highest BCUT2D eigenvalue weighted by molar-refractivity contribution is 5.76. The van der Waals surface area contributed by atoms with Crippen LogP contribution in [0, 0.1) is 5.41 Å². The van der Waals surface area contributed by atoms with Crippen LogP contribution in [0.25, 0.3) is 0 Å². The summed E-state index contributed by atoms with van der Waals surface area (Å²) < 4.78 is 0. The zero-order chi connectivity index (χ0) is 13.1. The summed E-state index contributed by atoms with van der Waals surface area (Å²) in [6.45, 7) is 8.48. The largest absolute Gasteiger partial charge is 0.352 e. The van der Waals surface area contributed by atoms with Gasteiger partial charge in [-0.2, -0.15) is 0 Å². The van der Waals surface area contributed by atoms with Crippen LogP contribution >= 0.6 is 0 Å². The monoisotopic (exact) mass is 241 g/mol. The highest BCUT2D eigenvalue weighted by atomic mass is 16.1. The molecule has 0 radical (unpaired) electrons. The first kappa shape index (κ1) is 14.5. The summed E-state index contributed by atoms with van der Waals surface area (Å²) in [5.74, 6) is 0.0991. The second kappa shape index (κ2) is 5.83. The summed E-state index contributed by atoms with van der Waals surface area (Å²) in [5, 5.41) is 3.07. The molecule has 0 aliphatic carbocycles. The van der Waals surface area contributed by atoms with Gasteiger partial charge in [0.05, 0.1) is 0 Å². The van der Waals surface area contributed by atoms with Crippen LogP contribution in [0.5, 0.6) is 0 Å². The van der Waals surface area contributed by atoms with Gasteiger partial charge in [0.1, 0.15) is 0 Å². The number of carbonyl (C=O) groups is 1. The molecule has 100 valence electrons. The quantitative estimate of drug-likeness (QED) is 0.771. The van der Waals surface area contributed by atoms with Crippen LogP contribution in [-0.4, -0.2) is 43.0 Å². The van der Waals surface area contributed by atoms with Gasteiger partial charge in [0.2, 0.25) is 5.91 Å². The van der Waals surface area contributed by atoms with E-state index in [1.807, 2.05) is 0 Å². The molecule has 4 heteroatoms. The Hall–Kier alpha value is -0.610. The van der Waals surface area contributed by atoms with Crippen LogP contribution in [0.15, 0.2) is 0 Å². The lowest BCUT2D eigenvalue weighted by Crippen LogP contribution is -2.40. The highest BCUT2D eigenvalue weighted by Crippen LogP contribution is 2.21. The third-order valence-corrected chi connectivity index (χ3v) is 3.08. The van der Waals surface area contributed by atoms with Gasteiger partial charge in [-0.15, -0.1) is 0 Å². The van der Waals surface area contributed by atoms with Crippen molar-refractivity contribution in [2.24, 2.45) is 11.1 Å². The number of rotatable bonds is 4. The van der Waals surface area contributed by atoms with Crippen molar-refractivity contribution < 1.29 is 4.79 Å². The fraction of sp³-hybridized carbons (Fsp3) is 0.923. The number of nitrogens with two attached hydrogens (primary N) is 1. The number of hydrogen-bond acceptors (Lipinski definition) is 3. The average Bonchev–Trinajstić information content (AvgIpc) is 2.46. The number of amides is 1. The van der Waals surface area contributed by atoms with Crippen molar-refractivity contribution in [3.63, 3.8) is 0 Å². The zero-order valence-corrected chi connectivity index (χ0v) is 11.6. The van der Waals surface area contributed by atoms with Crippen molar-refractivity contribution in [2.45, 2.75) is 52.1 Å². The van der Waals surface area contributed by atoms with E-state index in [4.69, 9.17) is 5.73 Å². The van der Waals surface area contributed by atoms with Gasteiger partial charge in [0.15, 0.2) is 0 Å². The van der Waals surface area contributed by atoms with Crippen molar-refractivity contribution in [1.29, 1.82) is 0 Å². The highest BCUT2D eigenvalue weighted by Gasteiger charge is 2.23. The lowest BCUT2D eigenvalue weighted by atomic mass is 9.87. The predicted molar refractivity (Wildman–Crippen MR) is 70.7 cm³/mol. The number of carbonyl (C=O) groups excluding carboxylic acids is 1. The molecule has 1 fully saturated rings. The molecule has 2 atom stereocenters. The second-order valence-electron chi connectivity index (χ2n) is 6.54. The lowest BCUT2D eigenvalue weighted by molar-refractivity contribution is -0.122. The molecule has 1 aliphatic rings. The first-order valence-corrected chi connectivity index (χ1v) is 6.50. The molecule has 1 heterocycles. The molecule has 0 spiro atoms. The third kappa shape index (κ3) is 6.03. The average molecular weight is 241 g/mol. The summed E-state index contributed by atoms with van der Waals surface area (Å²) in [6, 6.07) is 0.281. The molecular formula is C13H27N3O. The lowest BCUT2D eigenvalue weighted by Gasteiger charge is -2.23. The number of hydrogen-bond donors (Lipinski definition) is 2. The molecule has 0 aromatic rings. The Morgan fingerprint density at radius 1 is 1.53 bits per heavy atom. The van der Waals surface area contributed by atoms with Gasteiger partial charge in [-0.1, -0.05) is 20.8 Å². The van der Waals surface area contributed by atoms with Crippen LogP contribution in [0.4, 0.5) is 0 Å². The Morgan fingerprint density at radius 3 is 2.65 bits per heavy atom. The molecule has 3 N–H and O–H groups in total. The fourth-order valence-electron chi connectivity index (χ4n) is 2.44. The Kier molecular flexibility index (Phi) is 4.95. The molecule has 1 saturated heterocycles. The fourth-order valence-corrected chi connectivity index (χ4v) is 2.44. The predicted octanol–water partition coefficient (Wildman–Crippen LogP) is 0.960. The first-order valence-electron chi connectivity index (χ1n) is 6.50. The van der Waals surface area contributed by atoms with E-state index in [1.165, 1.54) is 0 Å². The summed E-state index contributed by atoms with van der Waals surface area (Å²) in [6.07, 6.45) is 2.37. The van der Waals surface area contributed by atoms with Gasteiger partial charge in [-0.25, -0.2) is 0 Å². The molecule has 1 rings (SSSR count). The molecule has 1 aliphatic heterocycles. The second-order valence-corrected chi connectivity index (χ2v) is 6.54. The Bertz CT molecular complexity index is 260. The van der Waals surface area contributed by atoms with Gasteiger partial charge in [0, 0.05) is 25.0 Å². The third-order valence-electron chi connectivity index (χ3n) is 3.08. The molecule has 2 unspecified atom stereocenters. The minimum absolute atomic E-state index is 0.0332. The van der Waals surface area contributed by atoms with Crippen molar-refractivity contribution in [1.82, 2.24) is 10.2 Å². The maximum atomic E-state index is 11.8. The standard InChI is InChI=1S/C13H27N3O/c1-13(2,3)8-10(14)7-12(17)15-11-5-6-16(4)9-11/h10-11H,5-9,14H2,1-4H3,(H,15,17). The molecule has 0 aromatic heterocycles. The minimum Gasteiger partial charge on any atom is -0.352 e. The van der Waals surface area contributed by atoms with Crippen LogP contribution in [-0.2, 0) is 4.79 Å². The molecule has 0 bridgehead atoms. The van der Waals surface area contributed by atoms with E-state index < -0.39 is 0 Å². The van der Waals surface area contributed by atoms with Crippen molar-refractivity contribution in [3.8, 4) is 0 Å². The van der Waals surface area contributed by atoms with Crippen molar-refractivity contribution >= 4 is 5.91 Å². The van der Waals surface area contributed by atoms with E-state index in [1.54, 1.807) is 0 Å². The van der Waals surface area contributed by atoms with Crippen LogP contribution < -0.4 is 11.1 Å². The SMILES string of the molecule is CN1CCC(NC(=O)CC(N)CC(C)(C)C)C1. The van der Waals surface area contributed by atoms with Crippen molar-refractivity contribution in [3.05, 3.63) is 0 Å². The van der Waals surface area contributed by atoms with Gasteiger partial charge in [-0.05, 0) is 31.8 Å². The topological polar surface area (TPSA) is 58.4 Å². The normalized spacial score (nSPS) is 23.7. The number of likely N-dealkylation sites (N-methyl/N-ethyl adjacent to an activating group) is 1. The van der Waals surface area contributed by atoms with Crippen LogP contribution in [0.2, 0.25) is 0 Å². The molecule has 1 amide bonds. The summed E-state index contributed by atoms with van der Waals surface area (Å²) in [4.78, 5) is 14.0. The number of likely N-dealkylation sites (tertiary alicyclic amines) is 1. The van der Waals surface area contributed by atoms with Crippen LogP contribution in [0.3, 0.4) is 0 Å². The number of nitrogens with one attached hydrogen (secondary N) is 1. The van der Waals surface area contributed by atoms with Crippen LogP contribution in [0.1, 0.15) is 40.0 Å². The van der Waals surface area contributed by atoms with E-state index in [0.29, 0.717) is 12.5 Å². The molecule has 0 aromatic carbocycles. The van der Waals surface area contributed by atoms with E-state index >= 15 is 0 Å². The molecule has 0 saturated carbocycles. The Morgan fingerprint density at radius 2 is 2.18 bits per heavy atom. The van der Waals surface area contributed by atoms with E-state index in [2.05, 4.69) is 38.0 Å². The van der Waals surface area contributed by atoms with Crippen molar-refractivity contribution in [2.75, 3.05) is 20.1 Å². The molecule has 4 nitrogen and oxygen atoms in total. The van der Waals surface area contributed by atoms with Gasteiger partial charge in [-0.3, -0.25) is 4.79 Å². The Labute approximate surface area is 105 Å². The maximum absolute atomic E-state index is 11.8. The van der Waals surface area contributed by atoms with Gasteiger partial charge in [0.25, 0.3) is 0 Å². The summed E-state index contributed by atoms with van der Waals surface area (Å²) in [5.41, 5.74) is 6.18. The smallest absolute Gasteiger partial charge is 0.221 e. The van der Waals surface area contributed by atoms with E-state index in [9.17, 15) is 4.79 Å². The zero-order valence-electron chi connectivity index (χ0n) is 11.6.